The van der Waals surface area contributed by atoms with Crippen LogP contribution in [0.5, 0.6) is 0 Å². The van der Waals surface area contributed by atoms with E-state index >= 15 is 0 Å². The number of halogens is 2. The molecule has 0 aromatic heterocycles. The summed E-state index contributed by atoms with van der Waals surface area (Å²) in [6.07, 6.45) is -2.90. The molecule has 1 aliphatic heterocycles. The Bertz CT molecular complexity index is 773. The van der Waals surface area contributed by atoms with E-state index in [4.69, 9.17) is 10.5 Å². The van der Waals surface area contributed by atoms with E-state index in [1.165, 1.54) is 21.9 Å². The molecule has 0 aliphatic carbocycles. The van der Waals surface area contributed by atoms with Gasteiger partial charge in [-0.25, -0.2) is 8.78 Å². The monoisotopic (exact) mass is 412 g/mol. The molecule has 0 unspecified atom stereocenters. The molecule has 1 fully saturated rings. The highest BCUT2D eigenvalue weighted by atomic mass is 19.3. The normalized spacial score (nSPS) is 15.9. The molecule has 3 amide bonds. The van der Waals surface area contributed by atoms with Gasteiger partial charge in [-0.3, -0.25) is 19.3 Å². The summed E-state index contributed by atoms with van der Waals surface area (Å²) in [5.74, 6) is -1.84. The number of likely N-dealkylation sites (N-methyl/N-ethyl adjacent to an activating group) is 1. The first-order valence-electron chi connectivity index (χ1n) is 9.22. The average molecular weight is 412 g/mol. The average Bonchev–Trinajstić information content (AvgIpc) is 2.61. The minimum atomic E-state index is -2.90. The van der Waals surface area contributed by atoms with Gasteiger partial charge in [0, 0.05) is 30.0 Å². The number of benzene rings is 1. The first kappa shape index (κ1) is 22.7. The second kappa shape index (κ2) is 9.75. The summed E-state index contributed by atoms with van der Waals surface area (Å²) in [7, 11) is 1.57. The van der Waals surface area contributed by atoms with Crippen LogP contribution in [0.1, 0.15) is 25.8 Å². The third-order valence-corrected chi connectivity index (χ3v) is 4.44. The molecule has 1 aromatic carbocycles. The summed E-state index contributed by atoms with van der Waals surface area (Å²) in [6, 6.07) is 2.60. The van der Waals surface area contributed by atoms with E-state index in [0.717, 1.165) is 6.07 Å². The number of carbonyl (C=O) groups excluding carboxylic acids is 3. The second-order valence-corrected chi connectivity index (χ2v) is 7.30. The number of morpholine rings is 1. The summed E-state index contributed by atoms with van der Waals surface area (Å²) in [6.45, 7) is 4.67. The fourth-order valence-electron chi connectivity index (χ4n) is 3.23. The van der Waals surface area contributed by atoms with E-state index in [1.807, 2.05) is 13.8 Å². The van der Waals surface area contributed by atoms with Crippen LogP contribution in [0.2, 0.25) is 0 Å². The van der Waals surface area contributed by atoms with Crippen molar-refractivity contribution in [3.05, 3.63) is 23.8 Å². The molecule has 160 valence electrons. The Morgan fingerprint density at radius 2 is 2.03 bits per heavy atom. The van der Waals surface area contributed by atoms with Gasteiger partial charge in [-0.2, -0.15) is 0 Å². The van der Waals surface area contributed by atoms with Crippen molar-refractivity contribution in [2.45, 2.75) is 26.3 Å². The van der Waals surface area contributed by atoms with Gasteiger partial charge in [-0.1, -0.05) is 13.8 Å². The summed E-state index contributed by atoms with van der Waals surface area (Å²) in [4.78, 5) is 39.2. The smallest absolute Gasteiger partial charge is 0.265 e. The molecule has 10 heteroatoms. The van der Waals surface area contributed by atoms with Gasteiger partial charge in [0.15, 0.2) is 6.04 Å². The van der Waals surface area contributed by atoms with Crippen molar-refractivity contribution >= 4 is 29.1 Å². The van der Waals surface area contributed by atoms with E-state index in [-0.39, 0.29) is 36.4 Å². The van der Waals surface area contributed by atoms with Gasteiger partial charge in [0.25, 0.3) is 18.2 Å². The van der Waals surface area contributed by atoms with Gasteiger partial charge in [0.1, 0.15) is 6.61 Å². The third-order valence-electron chi connectivity index (χ3n) is 4.44. The molecule has 1 heterocycles. The van der Waals surface area contributed by atoms with E-state index in [2.05, 4.69) is 5.32 Å². The van der Waals surface area contributed by atoms with Crippen LogP contribution in [0.15, 0.2) is 18.2 Å². The fraction of sp³-hybridized carbons (Fsp3) is 0.526. The lowest BCUT2D eigenvalue weighted by atomic mass is 10.1. The SMILES string of the molecule is CC(C)CN(C)[C@@H](C(N)=O)C(=O)Nc1ccc(N2CCOCC2=O)cc1C(F)F. The standard InChI is InChI=1S/C19H26F2N4O4/c1-11(2)9-24(3)16(18(22)27)19(28)23-14-5-4-12(8-13(14)17(20)21)25-6-7-29-10-15(25)26/h4-5,8,11,16-17H,6-7,9-10H2,1-3H3,(H2,22,27)(H,23,28)/t16-/m0/s1. The zero-order valence-electron chi connectivity index (χ0n) is 16.7. The number of nitrogens with one attached hydrogen (secondary N) is 1. The van der Waals surface area contributed by atoms with Crippen molar-refractivity contribution in [1.29, 1.82) is 0 Å². The van der Waals surface area contributed by atoms with Gasteiger partial charge in [0.05, 0.1) is 6.61 Å². The number of carbonyl (C=O) groups is 3. The highest BCUT2D eigenvalue weighted by Gasteiger charge is 2.30. The molecule has 0 radical (unpaired) electrons. The highest BCUT2D eigenvalue weighted by molar-refractivity contribution is 6.10. The number of nitrogens with zero attached hydrogens (tertiary/aromatic N) is 2. The first-order chi connectivity index (χ1) is 13.6. The largest absolute Gasteiger partial charge is 0.370 e. The number of primary amides is 1. The zero-order valence-corrected chi connectivity index (χ0v) is 16.7. The van der Waals surface area contributed by atoms with E-state index in [1.54, 1.807) is 7.05 Å². The number of anilines is 2. The molecule has 0 spiro atoms. The van der Waals surface area contributed by atoms with Crippen LogP contribution in [0.3, 0.4) is 0 Å². The van der Waals surface area contributed by atoms with Crippen molar-refractivity contribution < 1.29 is 27.9 Å². The van der Waals surface area contributed by atoms with E-state index in [9.17, 15) is 23.2 Å². The molecule has 1 aliphatic rings. The number of hydrogen-bond donors (Lipinski definition) is 2. The number of ether oxygens (including phenoxy) is 1. The first-order valence-corrected chi connectivity index (χ1v) is 9.22. The lowest BCUT2D eigenvalue weighted by Gasteiger charge is -2.28. The molecule has 1 atom stereocenters. The Kier molecular flexibility index (Phi) is 7.63. The number of alkyl halides is 2. The van der Waals surface area contributed by atoms with Gasteiger partial charge in [0.2, 0.25) is 5.91 Å². The molecular formula is C19H26F2N4O4. The van der Waals surface area contributed by atoms with Crippen LogP contribution in [0.25, 0.3) is 0 Å². The van der Waals surface area contributed by atoms with Crippen LogP contribution >= 0.6 is 0 Å². The van der Waals surface area contributed by atoms with Gasteiger partial charge >= 0.3 is 0 Å². The number of nitrogens with two attached hydrogens (primary N) is 1. The maximum absolute atomic E-state index is 13.6. The number of rotatable bonds is 8. The predicted octanol–water partition coefficient (Wildman–Crippen LogP) is 1.37. The van der Waals surface area contributed by atoms with E-state index in [0.29, 0.717) is 13.2 Å². The Balaban J connectivity index is 2.27. The van der Waals surface area contributed by atoms with E-state index < -0.39 is 29.8 Å². The topological polar surface area (TPSA) is 105 Å². The van der Waals surface area contributed by atoms with Crippen molar-refractivity contribution in [1.82, 2.24) is 4.90 Å². The molecule has 1 aromatic rings. The maximum Gasteiger partial charge on any atom is 0.265 e. The summed E-state index contributed by atoms with van der Waals surface area (Å²) in [5, 5.41) is 2.38. The number of hydrogen-bond acceptors (Lipinski definition) is 5. The minimum Gasteiger partial charge on any atom is -0.370 e. The van der Waals surface area contributed by atoms with Crippen LogP contribution < -0.4 is 16.0 Å². The zero-order chi connectivity index (χ0) is 21.7. The van der Waals surface area contributed by atoms with Crippen LogP contribution in [0, 0.1) is 5.92 Å². The Morgan fingerprint density at radius 1 is 1.34 bits per heavy atom. The second-order valence-electron chi connectivity index (χ2n) is 7.30. The number of amides is 3. The Morgan fingerprint density at radius 3 is 2.59 bits per heavy atom. The van der Waals surface area contributed by atoms with Crippen LogP contribution in [0.4, 0.5) is 20.2 Å². The van der Waals surface area contributed by atoms with Crippen molar-refractivity contribution in [2.24, 2.45) is 11.7 Å². The Labute approximate surface area is 168 Å². The molecule has 0 bridgehead atoms. The molecule has 2 rings (SSSR count). The Hall–Kier alpha value is -2.59. The van der Waals surface area contributed by atoms with Crippen LogP contribution in [-0.2, 0) is 19.1 Å². The summed E-state index contributed by atoms with van der Waals surface area (Å²) in [5.41, 5.74) is 5.05. The lowest BCUT2D eigenvalue weighted by Crippen LogP contribution is -2.51. The highest BCUT2D eigenvalue weighted by Crippen LogP contribution is 2.32. The molecule has 8 nitrogen and oxygen atoms in total. The minimum absolute atomic E-state index is 0.120. The quantitative estimate of drug-likeness (QED) is 0.628. The molecule has 0 saturated carbocycles. The fourth-order valence-corrected chi connectivity index (χ4v) is 3.23. The van der Waals surface area contributed by atoms with Gasteiger partial charge < -0.3 is 20.7 Å². The molecule has 29 heavy (non-hydrogen) atoms. The van der Waals surface area contributed by atoms with Crippen LogP contribution in [-0.4, -0.2) is 62.0 Å². The molecular weight excluding hydrogens is 386 g/mol. The molecule has 3 N–H and O–H groups in total. The summed E-state index contributed by atoms with van der Waals surface area (Å²) >= 11 is 0. The predicted molar refractivity (Wildman–Crippen MR) is 104 cm³/mol. The van der Waals surface area contributed by atoms with Gasteiger partial charge in [-0.05, 0) is 31.2 Å². The van der Waals surface area contributed by atoms with Gasteiger partial charge in [-0.15, -0.1) is 0 Å². The lowest BCUT2D eigenvalue weighted by molar-refractivity contribution is -0.132. The van der Waals surface area contributed by atoms with Crippen molar-refractivity contribution in [2.75, 3.05) is 43.6 Å². The molecule has 1 saturated heterocycles. The third kappa shape index (κ3) is 5.70. The maximum atomic E-state index is 13.6. The summed E-state index contributed by atoms with van der Waals surface area (Å²) < 4.78 is 32.3. The van der Waals surface area contributed by atoms with Crippen molar-refractivity contribution in [3.63, 3.8) is 0 Å². The van der Waals surface area contributed by atoms with Crippen molar-refractivity contribution in [3.8, 4) is 0 Å².